The maximum Gasteiger partial charge on any atom is 0.102 e. The summed E-state index contributed by atoms with van der Waals surface area (Å²) in [6.45, 7) is 0.0303. The van der Waals surface area contributed by atoms with Crippen LogP contribution in [0.4, 0.5) is 0 Å². The molecule has 0 atom stereocenters. The molecule has 0 aliphatic carbocycles. The standard InChI is InChI=1S/C8H8N2OS/c11-3-5-1-6-8(7(12)2-5)10-4-9-6/h1-2,4,11-12H,3H2,(H,9,10). The zero-order valence-electron chi connectivity index (χ0n) is 6.28. The summed E-state index contributed by atoms with van der Waals surface area (Å²) in [5.74, 6) is 0. The Labute approximate surface area is 74.9 Å². The number of imidazole rings is 1. The largest absolute Gasteiger partial charge is 0.392 e. The number of aromatic amines is 1. The average molecular weight is 180 g/mol. The summed E-state index contributed by atoms with van der Waals surface area (Å²) >= 11 is 4.25. The molecule has 0 radical (unpaired) electrons. The van der Waals surface area contributed by atoms with Gasteiger partial charge in [-0.1, -0.05) is 0 Å². The monoisotopic (exact) mass is 180 g/mol. The quantitative estimate of drug-likeness (QED) is 0.580. The molecule has 0 aliphatic heterocycles. The number of benzene rings is 1. The van der Waals surface area contributed by atoms with Crippen molar-refractivity contribution in [1.82, 2.24) is 9.97 Å². The number of aromatic nitrogens is 2. The lowest BCUT2D eigenvalue weighted by Crippen LogP contribution is -1.83. The Bertz CT molecular complexity index is 410. The number of fused-ring (bicyclic) bond motifs is 1. The Kier molecular flexibility index (Phi) is 1.78. The molecule has 0 saturated heterocycles. The highest BCUT2D eigenvalue weighted by atomic mass is 32.1. The predicted molar refractivity (Wildman–Crippen MR) is 49.3 cm³/mol. The van der Waals surface area contributed by atoms with Crippen molar-refractivity contribution < 1.29 is 5.11 Å². The molecule has 0 unspecified atom stereocenters. The van der Waals surface area contributed by atoms with Crippen LogP contribution in [0.1, 0.15) is 5.56 Å². The van der Waals surface area contributed by atoms with E-state index in [0.29, 0.717) is 0 Å². The molecule has 4 heteroatoms. The van der Waals surface area contributed by atoms with Gasteiger partial charge in [-0.15, -0.1) is 12.6 Å². The number of hydrogen-bond donors (Lipinski definition) is 3. The van der Waals surface area contributed by atoms with Gasteiger partial charge in [-0.3, -0.25) is 0 Å². The summed E-state index contributed by atoms with van der Waals surface area (Å²) in [5, 5.41) is 8.89. The number of hydrogen-bond acceptors (Lipinski definition) is 3. The van der Waals surface area contributed by atoms with Crippen LogP contribution < -0.4 is 0 Å². The number of thiol groups is 1. The zero-order valence-corrected chi connectivity index (χ0v) is 7.18. The zero-order chi connectivity index (χ0) is 8.55. The second kappa shape index (κ2) is 2.80. The van der Waals surface area contributed by atoms with Gasteiger partial charge in [0.2, 0.25) is 0 Å². The fourth-order valence-corrected chi connectivity index (χ4v) is 1.52. The molecule has 12 heavy (non-hydrogen) atoms. The summed E-state index contributed by atoms with van der Waals surface area (Å²) in [6.07, 6.45) is 1.62. The van der Waals surface area contributed by atoms with Crippen LogP contribution in [0.25, 0.3) is 11.0 Å². The predicted octanol–water partition coefficient (Wildman–Crippen LogP) is 1.34. The first-order chi connectivity index (χ1) is 5.81. The first kappa shape index (κ1) is 7.64. The summed E-state index contributed by atoms with van der Waals surface area (Å²) in [6, 6.07) is 3.67. The van der Waals surface area contributed by atoms with E-state index in [4.69, 9.17) is 5.11 Å². The molecule has 0 aliphatic rings. The van der Waals surface area contributed by atoms with Crippen molar-refractivity contribution in [3.05, 3.63) is 24.0 Å². The van der Waals surface area contributed by atoms with Gasteiger partial charge in [0, 0.05) is 4.90 Å². The first-order valence-corrected chi connectivity index (χ1v) is 4.02. The minimum Gasteiger partial charge on any atom is -0.392 e. The molecule has 0 bridgehead atoms. The summed E-state index contributed by atoms with van der Waals surface area (Å²) in [5.41, 5.74) is 2.60. The van der Waals surface area contributed by atoms with Crippen LogP contribution in [0.2, 0.25) is 0 Å². The van der Waals surface area contributed by atoms with Gasteiger partial charge in [-0.05, 0) is 17.7 Å². The highest BCUT2D eigenvalue weighted by Crippen LogP contribution is 2.20. The van der Waals surface area contributed by atoms with Crippen LogP contribution >= 0.6 is 12.6 Å². The maximum absolute atomic E-state index is 8.89. The SMILES string of the molecule is OCc1cc(S)c2nc[nH]c2c1. The third kappa shape index (κ3) is 1.09. The van der Waals surface area contributed by atoms with E-state index in [0.717, 1.165) is 21.5 Å². The van der Waals surface area contributed by atoms with Crippen LogP contribution in [0, 0.1) is 0 Å². The number of rotatable bonds is 1. The van der Waals surface area contributed by atoms with Gasteiger partial charge in [-0.2, -0.15) is 0 Å². The summed E-state index contributed by atoms with van der Waals surface area (Å²) in [4.78, 5) is 7.83. The lowest BCUT2D eigenvalue weighted by molar-refractivity contribution is 0.282. The molecule has 0 amide bonds. The highest BCUT2D eigenvalue weighted by Gasteiger charge is 2.02. The van der Waals surface area contributed by atoms with Gasteiger partial charge < -0.3 is 10.1 Å². The molecule has 62 valence electrons. The maximum atomic E-state index is 8.89. The van der Waals surface area contributed by atoms with Crippen molar-refractivity contribution in [2.45, 2.75) is 11.5 Å². The van der Waals surface area contributed by atoms with Crippen molar-refractivity contribution in [2.75, 3.05) is 0 Å². The topological polar surface area (TPSA) is 48.9 Å². The number of aliphatic hydroxyl groups is 1. The third-order valence-electron chi connectivity index (χ3n) is 1.75. The number of aliphatic hydroxyl groups excluding tert-OH is 1. The molecule has 3 nitrogen and oxygen atoms in total. The van der Waals surface area contributed by atoms with Crippen molar-refractivity contribution in [3.63, 3.8) is 0 Å². The van der Waals surface area contributed by atoms with Crippen LogP contribution in [-0.4, -0.2) is 15.1 Å². The van der Waals surface area contributed by atoms with E-state index >= 15 is 0 Å². The van der Waals surface area contributed by atoms with E-state index in [2.05, 4.69) is 22.6 Å². The van der Waals surface area contributed by atoms with Gasteiger partial charge in [0.25, 0.3) is 0 Å². The molecule has 0 spiro atoms. The summed E-state index contributed by atoms with van der Waals surface area (Å²) in [7, 11) is 0. The molecule has 2 aromatic rings. The first-order valence-electron chi connectivity index (χ1n) is 3.57. The van der Waals surface area contributed by atoms with Crippen LogP contribution in [0.3, 0.4) is 0 Å². The average Bonchev–Trinajstić information content (AvgIpc) is 2.52. The van der Waals surface area contributed by atoms with Gasteiger partial charge in [0.05, 0.1) is 18.5 Å². The number of H-pyrrole nitrogens is 1. The minimum absolute atomic E-state index is 0.0303. The molecule has 1 heterocycles. The molecule has 1 aromatic heterocycles. The molecular weight excluding hydrogens is 172 g/mol. The minimum atomic E-state index is 0.0303. The molecule has 1 aromatic carbocycles. The van der Waals surface area contributed by atoms with Crippen molar-refractivity contribution in [1.29, 1.82) is 0 Å². The van der Waals surface area contributed by atoms with E-state index in [1.165, 1.54) is 0 Å². The van der Waals surface area contributed by atoms with E-state index in [1.54, 1.807) is 6.33 Å². The smallest absolute Gasteiger partial charge is 0.102 e. The Morgan fingerprint density at radius 2 is 2.33 bits per heavy atom. The lowest BCUT2D eigenvalue weighted by Gasteiger charge is -1.98. The fourth-order valence-electron chi connectivity index (χ4n) is 1.18. The van der Waals surface area contributed by atoms with Crippen LogP contribution in [0.15, 0.2) is 23.4 Å². The Balaban J connectivity index is 2.75. The van der Waals surface area contributed by atoms with Crippen LogP contribution in [-0.2, 0) is 6.61 Å². The Morgan fingerprint density at radius 1 is 1.50 bits per heavy atom. The number of nitrogens with one attached hydrogen (secondary N) is 1. The molecule has 2 N–H and O–H groups in total. The van der Waals surface area contributed by atoms with Crippen molar-refractivity contribution >= 4 is 23.7 Å². The lowest BCUT2D eigenvalue weighted by atomic mass is 10.2. The third-order valence-corrected chi connectivity index (χ3v) is 2.09. The van der Waals surface area contributed by atoms with Gasteiger partial charge in [0.1, 0.15) is 5.52 Å². The van der Waals surface area contributed by atoms with E-state index in [-0.39, 0.29) is 6.61 Å². The Hall–Kier alpha value is -1.00. The second-order valence-electron chi connectivity index (χ2n) is 2.57. The molecular formula is C8H8N2OS. The highest BCUT2D eigenvalue weighted by molar-refractivity contribution is 7.80. The molecule has 0 fully saturated rings. The second-order valence-corrected chi connectivity index (χ2v) is 3.05. The van der Waals surface area contributed by atoms with Gasteiger partial charge >= 0.3 is 0 Å². The normalized spacial score (nSPS) is 10.8. The van der Waals surface area contributed by atoms with E-state index in [1.807, 2.05) is 12.1 Å². The van der Waals surface area contributed by atoms with Crippen molar-refractivity contribution in [2.24, 2.45) is 0 Å². The van der Waals surface area contributed by atoms with E-state index in [9.17, 15) is 0 Å². The molecule has 2 rings (SSSR count). The van der Waals surface area contributed by atoms with Crippen LogP contribution in [0.5, 0.6) is 0 Å². The van der Waals surface area contributed by atoms with E-state index < -0.39 is 0 Å². The van der Waals surface area contributed by atoms with Crippen molar-refractivity contribution in [3.8, 4) is 0 Å². The Morgan fingerprint density at radius 3 is 3.08 bits per heavy atom. The fraction of sp³-hybridized carbons (Fsp3) is 0.125. The number of nitrogens with zero attached hydrogens (tertiary/aromatic N) is 1. The van der Waals surface area contributed by atoms with Gasteiger partial charge in [0.15, 0.2) is 0 Å². The molecule has 0 saturated carbocycles. The van der Waals surface area contributed by atoms with Gasteiger partial charge in [-0.25, -0.2) is 4.98 Å². The summed E-state index contributed by atoms with van der Waals surface area (Å²) < 4.78 is 0.